The normalized spacial score (nSPS) is 10.5. The van der Waals surface area contributed by atoms with Gasteiger partial charge in [-0.05, 0) is 43.3 Å². The zero-order valence-electron chi connectivity index (χ0n) is 13.6. The van der Waals surface area contributed by atoms with Crippen molar-refractivity contribution in [2.75, 3.05) is 10.6 Å². The molecule has 8 heteroatoms. The molecule has 0 aliphatic heterocycles. The molecule has 0 saturated carbocycles. The molecule has 0 aliphatic carbocycles. The summed E-state index contributed by atoms with van der Waals surface area (Å²) in [5.74, 6) is -0.715. The summed E-state index contributed by atoms with van der Waals surface area (Å²) in [4.78, 5) is 20.9. The highest BCUT2D eigenvalue weighted by Crippen LogP contribution is 2.30. The maximum absolute atomic E-state index is 13.3. The molecular formula is C18H13Cl2FN4O. The molecular weight excluding hydrogens is 378 g/mol. The van der Waals surface area contributed by atoms with Crippen LogP contribution < -0.4 is 10.6 Å². The maximum Gasteiger partial charge on any atom is 0.274 e. The van der Waals surface area contributed by atoms with Crippen LogP contribution in [0.2, 0.25) is 10.0 Å². The van der Waals surface area contributed by atoms with Crippen molar-refractivity contribution >= 4 is 46.4 Å². The summed E-state index contributed by atoms with van der Waals surface area (Å²) < 4.78 is 13.3. The van der Waals surface area contributed by atoms with Crippen molar-refractivity contribution in [3.05, 3.63) is 75.8 Å². The fourth-order valence-corrected chi connectivity index (χ4v) is 2.72. The molecule has 3 aromatic rings. The summed E-state index contributed by atoms with van der Waals surface area (Å²) in [6, 6.07) is 12.3. The van der Waals surface area contributed by atoms with Gasteiger partial charge in [-0.2, -0.15) is 0 Å². The van der Waals surface area contributed by atoms with Crippen molar-refractivity contribution < 1.29 is 9.18 Å². The molecule has 1 amide bonds. The second-order valence-corrected chi connectivity index (χ2v) is 6.22. The van der Waals surface area contributed by atoms with E-state index in [9.17, 15) is 9.18 Å². The standard InChI is InChI=1S/C18H13Cl2FN4O/c1-10-8-15(17(26)25-16-13(19)6-3-7-14(16)20)24-18(22-10)23-12-5-2-4-11(21)9-12/h2-9H,1H3,(H,25,26)(H,22,23,24). The number of hydrogen-bond donors (Lipinski definition) is 2. The van der Waals surface area contributed by atoms with Gasteiger partial charge in [-0.3, -0.25) is 4.79 Å². The number of aryl methyl sites for hydroxylation is 1. The Morgan fingerprint density at radius 2 is 1.73 bits per heavy atom. The molecule has 1 heterocycles. The third-order valence-corrected chi connectivity index (χ3v) is 4.00. The number of hydrogen-bond acceptors (Lipinski definition) is 4. The number of para-hydroxylation sites is 1. The Labute approximate surface area is 159 Å². The van der Waals surface area contributed by atoms with E-state index in [1.807, 2.05) is 0 Å². The lowest BCUT2D eigenvalue weighted by Crippen LogP contribution is -2.16. The zero-order valence-corrected chi connectivity index (χ0v) is 15.1. The van der Waals surface area contributed by atoms with Gasteiger partial charge in [0.15, 0.2) is 0 Å². The molecule has 2 N–H and O–H groups in total. The van der Waals surface area contributed by atoms with E-state index in [0.717, 1.165) is 0 Å². The van der Waals surface area contributed by atoms with Crippen molar-refractivity contribution in [3.8, 4) is 0 Å². The van der Waals surface area contributed by atoms with E-state index < -0.39 is 11.7 Å². The third kappa shape index (κ3) is 4.28. The van der Waals surface area contributed by atoms with E-state index in [-0.39, 0.29) is 11.6 Å². The molecule has 132 valence electrons. The highest BCUT2D eigenvalue weighted by atomic mass is 35.5. The summed E-state index contributed by atoms with van der Waals surface area (Å²) in [5.41, 5.74) is 1.45. The Bertz CT molecular complexity index is 961. The lowest BCUT2D eigenvalue weighted by molar-refractivity contribution is 0.102. The fraction of sp³-hybridized carbons (Fsp3) is 0.0556. The molecule has 0 bridgehead atoms. The van der Waals surface area contributed by atoms with Crippen molar-refractivity contribution in [2.45, 2.75) is 6.92 Å². The topological polar surface area (TPSA) is 66.9 Å². The smallest absolute Gasteiger partial charge is 0.274 e. The monoisotopic (exact) mass is 390 g/mol. The molecule has 0 unspecified atom stereocenters. The molecule has 1 aromatic heterocycles. The molecule has 0 fully saturated rings. The second-order valence-electron chi connectivity index (χ2n) is 5.40. The second kappa shape index (κ2) is 7.68. The summed E-state index contributed by atoms with van der Waals surface area (Å²) in [6.45, 7) is 1.72. The molecule has 0 radical (unpaired) electrons. The van der Waals surface area contributed by atoms with Crippen molar-refractivity contribution in [1.29, 1.82) is 0 Å². The number of amides is 1. The first-order valence-corrected chi connectivity index (χ1v) is 8.31. The molecule has 26 heavy (non-hydrogen) atoms. The minimum atomic E-state index is -0.493. The highest BCUT2D eigenvalue weighted by molar-refractivity contribution is 6.40. The Balaban J connectivity index is 1.86. The minimum absolute atomic E-state index is 0.118. The van der Waals surface area contributed by atoms with Gasteiger partial charge in [-0.25, -0.2) is 14.4 Å². The quantitative estimate of drug-likeness (QED) is 0.640. The molecule has 5 nitrogen and oxygen atoms in total. The Kier molecular flexibility index (Phi) is 5.35. The molecule has 0 aliphatic rings. The first-order valence-electron chi connectivity index (χ1n) is 7.56. The first kappa shape index (κ1) is 18.1. The highest BCUT2D eigenvalue weighted by Gasteiger charge is 2.14. The van der Waals surface area contributed by atoms with Crippen LogP contribution in [0.5, 0.6) is 0 Å². The van der Waals surface area contributed by atoms with Crippen molar-refractivity contribution in [3.63, 3.8) is 0 Å². The van der Waals surface area contributed by atoms with Gasteiger partial charge >= 0.3 is 0 Å². The number of benzene rings is 2. The largest absolute Gasteiger partial charge is 0.324 e. The SMILES string of the molecule is Cc1cc(C(=O)Nc2c(Cl)cccc2Cl)nc(Nc2cccc(F)c2)n1. The molecule has 3 rings (SSSR count). The van der Waals surface area contributed by atoms with E-state index in [0.29, 0.717) is 27.1 Å². The number of rotatable bonds is 4. The van der Waals surface area contributed by atoms with Gasteiger partial charge in [0.2, 0.25) is 5.95 Å². The van der Waals surface area contributed by atoms with E-state index >= 15 is 0 Å². The summed E-state index contributed by atoms with van der Waals surface area (Å²) >= 11 is 12.1. The van der Waals surface area contributed by atoms with Crippen LogP contribution in [0.4, 0.5) is 21.7 Å². The van der Waals surface area contributed by atoms with Crippen LogP contribution in [0, 0.1) is 12.7 Å². The van der Waals surface area contributed by atoms with Gasteiger partial charge < -0.3 is 10.6 Å². The van der Waals surface area contributed by atoms with E-state index in [4.69, 9.17) is 23.2 Å². The minimum Gasteiger partial charge on any atom is -0.324 e. The lowest BCUT2D eigenvalue weighted by atomic mass is 10.2. The van der Waals surface area contributed by atoms with E-state index in [1.54, 1.807) is 37.3 Å². The summed E-state index contributed by atoms with van der Waals surface area (Å²) in [6.07, 6.45) is 0. The number of nitrogens with one attached hydrogen (secondary N) is 2. The van der Waals surface area contributed by atoms with E-state index in [1.165, 1.54) is 18.2 Å². The van der Waals surface area contributed by atoms with Crippen molar-refractivity contribution in [2.24, 2.45) is 0 Å². The zero-order chi connectivity index (χ0) is 18.7. The Hall–Kier alpha value is -2.70. The number of carbonyl (C=O) groups excluding carboxylic acids is 1. The van der Waals surface area contributed by atoms with Gasteiger partial charge in [0.05, 0.1) is 15.7 Å². The predicted molar refractivity (Wildman–Crippen MR) is 101 cm³/mol. The number of aromatic nitrogens is 2. The molecule has 0 atom stereocenters. The number of halogens is 3. The van der Waals surface area contributed by atoms with Gasteiger partial charge in [0.25, 0.3) is 5.91 Å². The molecule has 2 aromatic carbocycles. The van der Waals surface area contributed by atoms with Crippen LogP contribution in [-0.2, 0) is 0 Å². The number of carbonyl (C=O) groups is 1. The molecule has 0 spiro atoms. The Morgan fingerprint density at radius 3 is 2.42 bits per heavy atom. The van der Waals surface area contributed by atoms with Crippen LogP contribution in [0.1, 0.15) is 16.2 Å². The first-order chi connectivity index (χ1) is 12.4. The third-order valence-electron chi connectivity index (χ3n) is 3.37. The maximum atomic E-state index is 13.3. The fourth-order valence-electron chi connectivity index (χ4n) is 2.23. The van der Waals surface area contributed by atoms with Crippen LogP contribution in [0.15, 0.2) is 48.5 Å². The van der Waals surface area contributed by atoms with Crippen LogP contribution in [0.3, 0.4) is 0 Å². The van der Waals surface area contributed by atoms with Crippen LogP contribution in [-0.4, -0.2) is 15.9 Å². The van der Waals surface area contributed by atoms with Crippen LogP contribution >= 0.6 is 23.2 Å². The van der Waals surface area contributed by atoms with E-state index in [2.05, 4.69) is 20.6 Å². The number of nitrogens with zero attached hydrogens (tertiary/aromatic N) is 2. The Morgan fingerprint density at radius 1 is 1.04 bits per heavy atom. The van der Waals surface area contributed by atoms with Gasteiger partial charge in [-0.1, -0.05) is 35.3 Å². The van der Waals surface area contributed by atoms with Gasteiger partial charge in [0, 0.05) is 11.4 Å². The van der Waals surface area contributed by atoms with Gasteiger partial charge in [0.1, 0.15) is 11.5 Å². The van der Waals surface area contributed by atoms with Crippen LogP contribution in [0.25, 0.3) is 0 Å². The van der Waals surface area contributed by atoms with Gasteiger partial charge in [-0.15, -0.1) is 0 Å². The average molecular weight is 391 g/mol. The lowest BCUT2D eigenvalue weighted by Gasteiger charge is -2.11. The summed E-state index contributed by atoms with van der Waals surface area (Å²) in [5, 5.41) is 6.14. The predicted octanol–water partition coefficient (Wildman–Crippen LogP) is 5.23. The average Bonchev–Trinajstić information content (AvgIpc) is 2.57. The molecule has 0 saturated heterocycles. The number of anilines is 3. The van der Waals surface area contributed by atoms with Crippen molar-refractivity contribution in [1.82, 2.24) is 9.97 Å². The summed E-state index contributed by atoms with van der Waals surface area (Å²) in [7, 11) is 0.